The Labute approximate surface area is 418 Å². The number of benzene rings is 3. The summed E-state index contributed by atoms with van der Waals surface area (Å²) in [5.41, 5.74) is 5.48. The molecule has 0 saturated heterocycles. The van der Waals surface area contributed by atoms with E-state index in [0.29, 0.717) is 18.4 Å². The van der Waals surface area contributed by atoms with Gasteiger partial charge in [0.05, 0.1) is 12.5 Å². The van der Waals surface area contributed by atoms with Crippen molar-refractivity contribution in [2.24, 2.45) is 49.2 Å². The SMILES string of the molecule is CCC(C)(CC(C(=O)OCCOC)C(C)(CC)C(C)(C)CC(c1ccc(CN(C)C)cc1)C(C)(C)C)C(C)(C)C(CC(C)(C)C(C)(C)C(CC(C)(C)C)c1ccc(CCl)cc1)c1ccccc1. The lowest BCUT2D eigenvalue weighted by Gasteiger charge is -2.57. The summed E-state index contributed by atoms with van der Waals surface area (Å²) in [6.07, 6.45) is 5.52. The molecule has 3 rings (SSSR count). The molecule has 3 aromatic rings. The number of methoxy groups -OCH3 is 1. The monoisotopic (exact) mass is 942 g/mol. The van der Waals surface area contributed by atoms with Crippen molar-refractivity contribution < 1.29 is 14.3 Å². The van der Waals surface area contributed by atoms with Crippen LogP contribution in [0.2, 0.25) is 0 Å². The van der Waals surface area contributed by atoms with Crippen molar-refractivity contribution in [2.75, 3.05) is 34.4 Å². The molecule has 67 heavy (non-hydrogen) atoms. The van der Waals surface area contributed by atoms with Crippen LogP contribution in [0.3, 0.4) is 0 Å². The van der Waals surface area contributed by atoms with Crippen LogP contribution >= 0.6 is 11.6 Å². The molecule has 0 amide bonds. The molecule has 0 N–H and O–H groups in total. The Morgan fingerprint density at radius 2 is 1.04 bits per heavy atom. The second-order valence-corrected chi connectivity index (χ2v) is 26.5. The minimum absolute atomic E-state index is 0.00634. The highest BCUT2D eigenvalue weighted by Gasteiger charge is 2.57. The molecule has 5 heteroatoms. The number of nitrogens with zero attached hydrogens (tertiary/aromatic N) is 1. The van der Waals surface area contributed by atoms with Crippen LogP contribution in [0.4, 0.5) is 0 Å². The highest BCUT2D eigenvalue weighted by atomic mass is 35.5. The van der Waals surface area contributed by atoms with E-state index in [0.717, 1.165) is 50.6 Å². The number of alkyl halides is 1. The molecular weight excluding hydrogens is 842 g/mol. The summed E-state index contributed by atoms with van der Waals surface area (Å²) in [6.45, 7) is 45.4. The Hall–Kier alpha value is -2.66. The van der Waals surface area contributed by atoms with E-state index in [4.69, 9.17) is 21.1 Å². The molecule has 4 nitrogen and oxygen atoms in total. The van der Waals surface area contributed by atoms with Crippen molar-refractivity contribution in [1.82, 2.24) is 4.90 Å². The molecule has 6 atom stereocenters. The third-order valence-corrected chi connectivity index (χ3v) is 18.6. The first-order chi connectivity index (χ1) is 30.8. The Balaban J connectivity index is 2.24. The van der Waals surface area contributed by atoms with Gasteiger partial charge in [0, 0.05) is 19.5 Å². The summed E-state index contributed by atoms with van der Waals surface area (Å²) in [5.74, 6) is 0.907. The average Bonchev–Trinajstić information content (AvgIpc) is 3.25. The van der Waals surface area contributed by atoms with Crippen molar-refractivity contribution in [2.45, 2.75) is 193 Å². The van der Waals surface area contributed by atoms with Gasteiger partial charge < -0.3 is 14.4 Å². The summed E-state index contributed by atoms with van der Waals surface area (Å²) < 4.78 is 11.8. The van der Waals surface area contributed by atoms with Gasteiger partial charge in [0.2, 0.25) is 0 Å². The highest BCUT2D eigenvalue weighted by molar-refractivity contribution is 6.17. The molecule has 0 aliphatic carbocycles. The lowest BCUT2D eigenvalue weighted by Crippen LogP contribution is -2.51. The number of esters is 1. The number of hydrogen-bond donors (Lipinski definition) is 0. The van der Waals surface area contributed by atoms with Gasteiger partial charge in [-0.2, -0.15) is 0 Å². The maximum absolute atomic E-state index is 15.1. The van der Waals surface area contributed by atoms with E-state index in [-0.39, 0.29) is 73.6 Å². The van der Waals surface area contributed by atoms with Crippen molar-refractivity contribution in [3.8, 4) is 0 Å². The van der Waals surface area contributed by atoms with E-state index in [1.807, 2.05) is 0 Å². The normalized spacial score (nSPS) is 17.1. The smallest absolute Gasteiger partial charge is 0.309 e. The lowest BCUT2D eigenvalue weighted by atomic mass is 9.47. The molecule has 0 saturated carbocycles. The molecular formula is C62H100ClNO3. The molecule has 0 aliphatic rings. The van der Waals surface area contributed by atoms with E-state index < -0.39 is 0 Å². The predicted octanol–water partition coefficient (Wildman–Crippen LogP) is 17.5. The first-order valence-electron chi connectivity index (χ1n) is 25.9. The standard InChI is InChI=1S/C62H100ClNO3/c1-22-61(17,42-53(54(65)67-38-37-66-21)62(18,23-2)58(11,12)40-50(56(6,7)8)48-35-31-46(32-36-48)44-64(19)20)60(15,16)52(47-27-25-24-26-28-47)41-57(9,10)59(13,14)51(39-55(3,4)5)49-33-29-45(43-63)30-34-49/h24-36,50-53H,22-23,37-44H2,1-21H3. The van der Waals surface area contributed by atoms with Crippen LogP contribution in [0.25, 0.3) is 0 Å². The Morgan fingerprint density at radius 1 is 0.567 bits per heavy atom. The van der Waals surface area contributed by atoms with Gasteiger partial charge in [-0.25, -0.2) is 0 Å². The minimum atomic E-state index is -0.388. The van der Waals surface area contributed by atoms with E-state index in [1.165, 1.54) is 22.3 Å². The zero-order valence-corrected chi connectivity index (χ0v) is 47.7. The lowest BCUT2D eigenvalue weighted by molar-refractivity contribution is -0.165. The summed E-state index contributed by atoms with van der Waals surface area (Å²) in [4.78, 5) is 17.4. The Bertz CT molecular complexity index is 1950. The first kappa shape index (κ1) is 58.7. The van der Waals surface area contributed by atoms with Gasteiger partial charge in [-0.3, -0.25) is 4.79 Å². The van der Waals surface area contributed by atoms with E-state index in [9.17, 15) is 0 Å². The topological polar surface area (TPSA) is 38.8 Å². The van der Waals surface area contributed by atoms with Crippen LogP contribution in [0, 0.1) is 49.2 Å². The van der Waals surface area contributed by atoms with E-state index >= 15 is 4.79 Å². The summed E-state index contributed by atoms with van der Waals surface area (Å²) in [5, 5.41) is 0. The van der Waals surface area contributed by atoms with Crippen LogP contribution in [-0.2, 0) is 26.7 Å². The number of halogens is 1. The second kappa shape index (κ2) is 23.1. The van der Waals surface area contributed by atoms with Crippen molar-refractivity contribution in [3.05, 3.63) is 107 Å². The van der Waals surface area contributed by atoms with Crippen molar-refractivity contribution in [1.29, 1.82) is 0 Å². The number of rotatable bonds is 25. The molecule has 0 aliphatic heterocycles. The highest BCUT2D eigenvalue weighted by Crippen LogP contribution is 2.64. The maximum Gasteiger partial charge on any atom is 0.309 e. The second-order valence-electron chi connectivity index (χ2n) is 26.3. The van der Waals surface area contributed by atoms with Crippen molar-refractivity contribution in [3.63, 3.8) is 0 Å². The molecule has 0 fully saturated rings. The third kappa shape index (κ3) is 14.2. The molecule has 6 unspecified atom stereocenters. The van der Waals surface area contributed by atoms with Gasteiger partial charge in [0.1, 0.15) is 6.61 Å². The van der Waals surface area contributed by atoms with Crippen LogP contribution in [-0.4, -0.2) is 45.3 Å². The molecule has 0 aromatic heterocycles. The van der Waals surface area contributed by atoms with E-state index in [1.54, 1.807) is 7.11 Å². The van der Waals surface area contributed by atoms with Crippen LogP contribution in [0.5, 0.6) is 0 Å². The molecule has 378 valence electrons. The van der Waals surface area contributed by atoms with Crippen LogP contribution in [0.15, 0.2) is 78.9 Å². The zero-order chi connectivity index (χ0) is 51.0. The fraction of sp³-hybridized carbons (Fsp3) is 0.694. The van der Waals surface area contributed by atoms with Gasteiger partial charge >= 0.3 is 5.97 Å². The summed E-state index contributed by atoms with van der Waals surface area (Å²) in [7, 11) is 5.93. The van der Waals surface area contributed by atoms with Gasteiger partial charge in [-0.15, -0.1) is 11.6 Å². The van der Waals surface area contributed by atoms with Gasteiger partial charge in [0.25, 0.3) is 0 Å². The Kier molecular flexibility index (Phi) is 20.2. The predicted molar refractivity (Wildman–Crippen MR) is 290 cm³/mol. The largest absolute Gasteiger partial charge is 0.463 e. The quantitative estimate of drug-likeness (QED) is 0.0482. The number of ether oxygens (including phenoxy) is 2. The van der Waals surface area contributed by atoms with Crippen molar-refractivity contribution >= 4 is 17.6 Å². The minimum Gasteiger partial charge on any atom is -0.463 e. The molecule has 0 heterocycles. The first-order valence-corrected chi connectivity index (χ1v) is 26.4. The maximum atomic E-state index is 15.1. The number of carbonyl (C=O) groups excluding carboxylic acids is 1. The van der Waals surface area contributed by atoms with Gasteiger partial charge in [0.15, 0.2) is 0 Å². The third-order valence-electron chi connectivity index (χ3n) is 18.3. The number of carbonyl (C=O) groups is 1. The van der Waals surface area contributed by atoms with Crippen LogP contribution < -0.4 is 0 Å². The average molecular weight is 943 g/mol. The fourth-order valence-electron chi connectivity index (χ4n) is 11.7. The summed E-state index contributed by atoms with van der Waals surface area (Å²) >= 11 is 6.31. The molecule has 3 aromatic carbocycles. The number of hydrogen-bond acceptors (Lipinski definition) is 4. The van der Waals surface area contributed by atoms with Crippen LogP contribution in [0.1, 0.15) is 209 Å². The van der Waals surface area contributed by atoms with E-state index in [2.05, 4.69) is 222 Å². The molecule has 0 spiro atoms. The van der Waals surface area contributed by atoms with Gasteiger partial charge in [-0.1, -0.05) is 210 Å². The fourth-order valence-corrected chi connectivity index (χ4v) is 11.9. The van der Waals surface area contributed by atoms with Gasteiger partial charge in [-0.05, 0) is 135 Å². The Morgan fingerprint density at radius 3 is 1.49 bits per heavy atom. The molecule has 0 radical (unpaired) electrons. The summed E-state index contributed by atoms with van der Waals surface area (Å²) in [6, 6.07) is 29.7. The molecule has 0 bridgehead atoms. The zero-order valence-electron chi connectivity index (χ0n) is 46.9.